The Bertz CT molecular complexity index is 689. The minimum Gasteiger partial charge on any atom is -0.493 e. The Morgan fingerprint density at radius 2 is 2.25 bits per heavy atom. The zero-order valence-electron chi connectivity index (χ0n) is 11.5. The Morgan fingerprint density at radius 3 is 3.00 bits per heavy atom. The van der Waals surface area contributed by atoms with E-state index in [9.17, 15) is 0 Å². The molecule has 0 aliphatic heterocycles. The van der Waals surface area contributed by atoms with Gasteiger partial charge in [0.1, 0.15) is 12.0 Å². The first-order chi connectivity index (χ1) is 9.72. The average Bonchev–Trinajstić information content (AvgIpc) is 3.06. The highest BCUT2D eigenvalue weighted by molar-refractivity contribution is 7.18. The molecule has 0 aliphatic carbocycles. The van der Waals surface area contributed by atoms with Crippen LogP contribution in [-0.2, 0) is 6.42 Å². The highest BCUT2D eigenvalue weighted by Crippen LogP contribution is 2.29. The second-order valence-electron chi connectivity index (χ2n) is 4.86. The maximum Gasteiger partial charge on any atom is 0.197 e. The molecule has 0 atom stereocenters. The molecule has 5 heteroatoms. The second-order valence-corrected chi connectivity index (χ2v) is 5.92. The number of hydrogen-bond donors (Lipinski definition) is 0. The Labute approximate surface area is 121 Å². The molecule has 2 heterocycles. The Hall–Kier alpha value is -1.88. The summed E-state index contributed by atoms with van der Waals surface area (Å²) < 4.78 is 12.1. The fourth-order valence-corrected chi connectivity index (χ4v) is 2.89. The first-order valence-electron chi connectivity index (χ1n) is 6.64. The van der Waals surface area contributed by atoms with Crippen molar-refractivity contribution >= 4 is 21.6 Å². The van der Waals surface area contributed by atoms with Crippen molar-refractivity contribution < 1.29 is 9.15 Å². The van der Waals surface area contributed by atoms with Crippen molar-refractivity contribution in [2.45, 2.75) is 26.2 Å². The van der Waals surface area contributed by atoms with Gasteiger partial charge in [-0.2, -0.15) is 0 Å². The number of hydrogen-bond acceptors (Lipinski definition) is 5. The topological polar surface area (TPSA) is 48.2 Å². The lowest BCUT2D eigenvalue weighted by molar-refractivity contribution is 0.306. The first kappa shape index (κ1) is 13.1. The van der Waals surface area contributed by atoms with Crippen LogP contribution in [0.5, 0.6) is 5.75 Å². The summed E-state index contributed by atoms with van der Waals surface area (Å²) >= 11 is 1.73. The summed E-state index contributed by atoms with van der Waals surface area (Å²) in [6, 6.07) is 6.02. The summed E-state index contributed by atoms with van der Waals surface area (Å²) in [6.07, 6.45) is 3.89. The molecule has 0 N–H and O–H groups in total. The van der Waals surface area contributed by atoms with E-state index < -0.39 is 0 Å². The molecule has 0 radical (unpaired) electrons. The van der Waals surface area contributed by atoms with Crippen molar-refractivity contribution in [3.05, 3.63) is 41.6 Å². The lowest BCUT2D eigenvalue weighted by Crippen LogP contribution is -2.01. The fraction of sp³-hybridized carbons (Fsp3) is 0.333. The van der Waals surface area contributed by atoms with Gasteiger partial charge in [0, 0.05) is 5.92 Å². The number of thiazole rings is 1. The molecule has 0 fully saturated rings. The molecular weight excluding hydrogens is 272 g/mol. The summed E-state index contributed by atoms with van der Waals surface area (Å²) in [5.41, 5.74) is 1.04. The largest absolute Gasteiger partial charge is 0.493 e. The predicted molar refractivity (Wildman–Crippen MR) is 79.4 cm³/mol. The van der Waals surface area contributed by atoms with Gasteiger partial charge >= 0.3 is 0 Å². The first-order valence-corrected chi connectivity index (χ1v) is 7.45. The standard InChI is InChI=1S/C15H16N2O2S/c1-10(2)15-17-12-4-3-11(9-13(12)20-15)18-7-5-14-16-6-8-19-14/h3-4,6,8-10H,5,7H2,1-2H3. The molecule has 0 spiro atoms. The summed E-state index contributed by atoms with van der Waals surface area (Å²) in [5.74, 6) is 2.02. The maximum absolute atomic E-state index is 5.74. The van der Waals surface area contributed by atoms with Crippen LogP contribution in [0.15, 0.2) is 35.1 Å². The van der Waals surface area contributed by atoms with E-state index in [-0.39, 0.29) is 0 Å². The van der Waals surface area contributed by atoms with Crippen molar-refractivity contribution in [1.29, 1.82) is 0 Å². The van der Waals surface area contributed by atoms with E-state index >= 15 is 0 Å². The second kappa shape index (κ2) is 5.63. The van der Waals surface area contributed by atoms with Crippen molar-refractivity contribution in [3.63, 3.8) is 0 Å². The quantitative estimate of drug-likeness (QED) is 0.711. The molecule has 4 nitrogen and oxygen atoms in total. The van der Waals surface area contributed by atoms with E-state index in [1.807, 2.05) is 12.1 Å². The van der Waals surface area contributed by atoms with Crippen molar-refractivity contribution in [2.75, 3.05) is 6.61 Å². The van der Waals surface area contributed by atoms with Gasteiger partial charge in [-0.15, -0.1) is 11.3 Å². The number of rotatable bonds is 5. The lowest BCUT2D eigenvalue weighted by atomic mass is 10.2. The summed E-state index contributed by atoms with van der Waals surface area (Å²) in [6.45, 7) is 4.87. The Morgan fingerprint density at radius 1 is 1.35 bits per heavy atom. The molecule has 0 unspecified atom stereocenters. The van der Waals surface area contributed by atoms with E-state index in [0.29, 0.717) is 24.8 Å². The summed E-state index contributed by atoms with van der Waals surface area (Å²) in [5, 5.41) is 1.16. The zero-order chi connectivity index (χ0) is 13.9. The molecule has 3 rings (SSSR count). The number of fused-ring (bicyclic) bond motifs is 1. The van der Waals surface area contributed by atoms with Crippen LogP contribution >= 0.6 is 11.3 Å². The summed E-state index contributed by atoms with van der Waals surface area (Å²) in [7, 11) is 0. The summed E-state index contributed by atoms with van der Waals surface area (Å²) in [4.78, 5) is 8.68. The smallest absolute Gasteiger partial charge is 0.197 e. The Kier molecular flexibility index (Phi) is 3.69. The molecule has 0 bridgehead atoms. The normalized spacial score (nSPS) is 11.3. The van der Waals surface area contributed by atoms with E-state index in [0.717, 1.165) is 16.3 Å². The Balaban J connectivity index is 1.69. The number of ether oxygens (including phenoxy) is 1. The van der Waals surface area contributed by atoms with Gasteiger partial charge in [-0.05, 0) is 18.2 Å². The molecule has 2 aromatic heterocycles. The lowest BCUT2D eigenvalue weighted by Gasteiger charge is -2.03. The average molecular weight is 288 g/mol. The minimum absolute atomic E-state index is 0.460. The molecule has 20 heavy (non-hydrogen) atoms. The molecule has 1 aromatic carbocycles. The molecule has 3 aromatic rings. The van der Waals surface area contributed by atoms with Gasteiger partial charge in [-0.1, -0.05) is 13.8 Å². The van der Waals surface area contributed by atoms with Gasteiger partial charge in [-0.25, -0.2) is 9.97 Å². The van der Waals surface area contributed by atoms with Gasteiger partial charge in [0.25, 0.3) is 0 Å². The molecule has 0 saturated heterocycles. The van der Waals surface area contributed by atoms with Gasteiger partial charge in [0.15, 0.2) is 5.89 Å². The van der Waals surface area contributed by atoms with Crippen LogP contribution in [0.3, 0.4) is 0 Å². The van der Waals surface area contributed by atoms with Gasteiger partial charge in [0.2, 0.25) is 0 Å². The SMILES string of the molecule is CC(C)c1nc2ccc(OCCc3ncco3)cc2s1. The van der Waals surface area contributed by atoms with E-state index in [2.05, 4.69) is 29.9 Å². The number of aromatic nitrogens is 2. The highest BCUT2D eigenvalue weighted by atomic mass is 32.1. The van der Waals surface area contributed by atoms with E-state index in [1.165, 1.54) is 4.70 Å². The van der Waals surface area contributed by atoms with Gasteiger partial charge < -0.3 is 9.15 Å². The number of oxazole rings is 1. The number of benzene rings is 1. The monoisotopic (exact) mass is 288 g/mol. The van der Waals surface area contributed by atoms with Crippen LogP contribution in [0.25, 0.3) is 10.2 Å². The molecule has 0 aliphatic rings. The molecule has 0 saturated carbocycles. The third-order valence-corrected chi connectivity index (χ3v) is 4.26. The van der Waals surface area contributed by atoms with Crippen LogP contribution in [0.1, 0.15) is 30.7 Å². The molecule has 104 valence electrons. The van der Waals surface area contributed by atoms with Crippen LogP contribution in [-0.4, -0.2) is 16.6 Å². The van der Waals surface area contributed by atoms with Crippen LogP contribution in [0.4, 0.5) is 0 Å². The maximum atomic E-state index is 5.74. The van der Waals surface area contributed by atoms with Crippen LogP contribution in [0.2, 0.25) is 0 Å². The van der Waals surface area contributed by atoms with E-state index in [4.69, 9.17) is 9.15 Å². The number of nitrogens with zero attached hydrogens (tertiary/aromatic N) is 2. The van der Waals surface area contributed by atoms with Gasteiger partial charge in [0.05, 0.1) is 34.4 Å². The van der Waals surface area contributed by atoms with Gasteiger partial charge in [-0.3, -0.25) is 0 Å². The van der Waals surface area contributed by atoms with Crippen molar-refractivity contribution in [1.82, 2.24) is 9.97 Å². The zero-order valence-corrected chi connectivity index (χ0v) is 12.3. The van der Waals surface area contributed by atoms with Crippen molar-refractivity contribution in [3.8, 4) is 5.75 Å². The molecule has 0 amide bonds. The third-order valence-electron chi connectivity index (χ3n) is 2.94. The van der Waals surface area contributed by atoms with Crippen molar-refractivity contribution in [2.24, 2.45) is 0 Å². The van der Waals surface area contributed by atoms with E-state index in [1.54, 1.807) is 23.8 Å². The fourth-order valence-electron chi connectivity index (χ4n) is 1.89. The van der Waals surface area contributed by atoms with Crippen LogP contribution in [0, 0.1) is 0 Å². The van der Waals surface area contributed by atoms with Crippen LogP contribution < -0.4 is 4.74 Å². The minimum atomic E-state index is 0.460. The third kappa shape index (κ3) is 2.82. The highest BCUT2D eigenvalue weighted by Gasteiger charge is 2.08. The molecular formula is C15H16N2O2S. The predicted octanol–water partition coefficient (Wildman–Crippen LogP) is 4.03.